The SMILES string of the molecule is CC(NC(=O)CNC(=O)c1ccc(OCc2nccn2C)cc1)C(=O)NCC=O. The second-order valence-corrected chi connectivity index (χ2v) is 6.15. The van der Waals surface area contributed by atoms with Gasteiger partial charge >= 0.3 is 0 Å². The van der Waals surface area contributed by atoms with Gasteiger partial charge in [-0.25, -0.2) is 4.98 Å². The summed E-state index contributed by atoms with van der Waals surface area (Å²) < 4.78 is 7.47. The minimum Gasteiger partial charge on any atom is -0.486 e. The van der Waals surface area contributed by atoms with Gasteiger partial charge in [-0.1, -0.05) is 0 Å². The third-order valence-electron chi connectivity index (χ3n) is 3.95. The number of ether oxygens (including phenoxy) is 1. The number of aldehydes is 1. The smallest absolute Gasteiger partial charge is 0.251 e. The lowest BCUT2D eigenvalue weighted by Crippen LogP contribution is -2.48. The predicted molar refractivity (Wildman–Crippen MR) is 103 cm³/mol. The average Bonchev–Trinajstić information content (AvgIpc) is 3.13. The van der Waals surface area contributed by atoms with Crippen molar-refractivity contribution in [1.29, 1.82) is 0 Å². The van der Waals surface area contributed by atoms with Gasteiger partial charge in [0, 0.05) is 25.0 Å². The van der Waals surface area contributed by atoms with E-state index in [9.17, 15) is 19.2 Å². The Kier molecular flexibility index (Phi) is 7.89. The fraction of sp³-hybridized carbons (Fsp3) is 0.316. The van der Waals surface area contributed by atoms with Gasteiger partial charge in [-0.2, -0.15) is 0 Å². The van der Waals surface area contributed by atoms with Crippen LogP contribution in [-0.2, 0) is 28.0 Å². The minimum atomic E-state index is -0.825. The van der Waals surface area contributed by atoms with Crippen molar-refractivity contribution in [3.63, 3.8) is 0 Å². The van der Waals surface area contributed by atoms with E-state index in [4.69, 9.17) is 4.74 Å². The molecule has 10 heteroatoms. The maximum absolute atomic E-state index is 12.1. The summed E-state index contributed by atoms with van der Waals surface area (Å²) in [6, 6.07) is 5.64. The monoisotopic (exact) mass is 401 g/mol. The molecule has 1 aromatic carbocycles. The number of aromatic nitrogens is 2. The molecular formula is C19H23N5O5. The zero-order valence-electron chi connectivity index (χ0n) is 16.2. The highest BCUT2D eigenvalue weighted by molar-refractivity contribution is 5.97. The van der Waals surface area contributed by atoms with Crippen molar-refractivity contribution < 1.29 is 23.9 Å². The second-order valence-electron chi connectivity index (χ2n) is 6.15. The molecule has 2 rings (SSSR count). The first-order valence-electron chi connectivity index (χ1n) is 8.88. The van der Waals surface area contributed by atoms with Crippen molar-refractivity contribution in [2.24, 2.45) is 7.05 Å². The summed E-state index contributed by atoms with van der Waals surface area (Å²) in [4.78, 5) is 50.0. The molecule has 0 fully saturated rings. The lowest BCUT2D eigenvalue weighted by Gasteiger charge is -2.13. The Balaban J connectivity index is 1.77. The van der Waals surface area contributed by atoms with E-state index in [0.717, 1.165) is 5.82 Å². The molecule has 1 unspecified atom stereocenters. The summed E-state index contributed by atoms with van der Waals surface area (Å²) >= 11 is 0. The van der Waals surface area contributed by atoms with Crippen LogP contribution in [0.4, 0.5) is 0 Å². The van der Waals surface area contributed by atoms with Crippen LogP contribution in [0.3, 0.4) is 0 Å². The van der Waals surface area contributed by atoms with Gasteiger partial charge in [0.25, 0.3) is 5.91 Å². The fourth-order valence-corrected chi connectivity index (χ4v) is 2.30. The van der Waals surface area contributed by atoms with E-state index in [2.05, 4.69) is 20.9 Å². The Bertz CT molecular complexity index is 862. The van der Waals surface area contributed by atoms with E-state index in [1.807, 2.05) is 17.8 Å². The zero-order chi connectivity index (χ0) is 21.2. The van der Waals surface area contributed by atoms with Crippen LogP contribution in [0.15, 0.2) is 36.7 Å². The molecule has 3 amide bonds. The van der Waals surface area contributed by atoms with Crippen LogP contribution in [0.25, 0.3) is 0 Å². The van der Waals surface area contributed by atoms with E-state index in [1.165, 1.54) is 6.92 Å². The highest BCUT2D eigenvalue weighted by Crippen LogP contribution is 2.13. The molecule has 0 aliphatic carbocycles. The molecule has 0 saturated heterocycles. The van der Waals surface area contributed by atoms with Gasteiger partial charge in [-0.3, -0.25) is 14.4 Å². The topological polar surface area (TPSA) is 131 Å². The number of carbonyl (C=O) groups is 4. The average molecular weight is 401 g/mol. The van der Waals surface area contributed by atoms with E-state index in [-0.39, 0.29) is 13.1 Å². The number of rotatable bonds is 10. The summed E-state index contributed by atoms with van der Waals surface area (Å²) in [5, 5.41) is 7.23. The van der Waals surface area contributed by atoms with Crippen LogP contribution in [0.1, 0.15) is 23.1 Å². The summed E-state index contributed by atoms with van der Waals surface area (Å²) in [5.74, 6) is -0.0988. The van der Waals surface area contributed by atoms with Crippen molar-refractivity contribution >= 4 is 24.0 Å². The summed E-state index contributed by atoms with van der Waals surface area (Å²) in [6.45, 7) is 1.36. The number of aryl methyl sites for hydroxylation is 1. The van der Waals surface area contributed by atoms with Crippen molar-refractivity contribution in [3.05, 3.63) is 48.0 Å². The van der Waals surface area contributed by atoms with Gasteiger partial charge in [0.05, 0.1) is 13.1 Å². The number of hydrogen-bond acceptors (Lipinski definition) is 6. The molecule has 10 nitrogen and oxygen atoms in total. The molecule has 0 aliphatic rings. The van der Waals surface area contributed by atoms with Gasteiger partial charge < -0.3 is 30.0 Å². The highest BCUT2D eigenvalue weighted by atomic mass is 16.5. The molecule has 0 spiro atoms. The molecule has 1 aromatic heterocycles. The van der Waals surface area contributed by atoms with Gasteiger partial charge in [0.1, 0.15) is 30.5 Å². The summed E-state index contributed by atoms with van der Waals surface area (Å²) in [7, 11) is 1.87. The Hall–Kier alpha value is -3.69. The number of nitrogens with one attached hydrogen (secondary N) is 3. The highest BCUT2D eigenvalue weighted by Gasteiger charge is 2.15. The lowest BCUT2D eigenvalue weighted by molar-refractivity contribution is -0.128. The fourth-order valence-electron chi connectivity index (χ4n) is 2.30. The van der Waals surface area contributed by atoms with Crippen molar-refractivity contribution in [1.82, 2.24) is 25.5 Å². The van der Waals surface area contributed by atoms with Crippen LogP contribution in [0, 0.1) is 0 Å². The van der Waals surface area contributed by atoms with Crippen molar-refractivity contribution in [2.45, 2.75) is 19.6 Å². The summed E-state index contributed by atoms with van der Waals surface area (Å²) in [5.41, 5.74) is 0.360. The molecule has 0 aliphatic heterocycles. The number of amides is 3. The Morgan fingerprint density at radius 3 is 2.55 bits per heavy atom. The minimum absolute atomic E-state index is 0.128. The Labute approximate surface area is 167 Å². The molecule has 0 saturated carbocycles. The van der Waals surface area contributed by atoms with E-state index in [1.54, 1.807) is 30.5 Å². The van der Waals surface area contributed by atoms with E-state index >= 15 is 0 Å². The van der Waals surface area contributed by atoms with Crippen LogP contribution >= 0.6 is 0 Å². The first-order chi connectivity index (χ1) is 13.9. The van der Waals surface area contributed by atoms with Crippen LogP contribution < -0.4 is 20.7 Å². The van der Waals surface area contributed by atoms with Crippen LogP contribution in [0.5, 0.6) is 5.75 Å². The number of imidazole rings is 1. The predicted octanol–water partition coefficient (Wildman–Crippen LogP) is -0.451. The zero-order valence-corrected chi connectivity index (χ0v) is 16.2. The molecular weight excluding hydrogens is 378 g/mol. The first kappa shape index (κ1) is 21.6. The van der Waals surface area contributed by atoms with Gasteiger partial charge in [-0.05, 0) is 31.2 Å². The lowest BCUT2D eigenvalue weighted by atomic mass is 10.2. The number of nitrogens with zero attached hydrogens (tertiary/aromatic N) is 2. The maximum atomic E-state index is 12.1. The van der Waals surface area contributed by atoms with Crippen molar-refractivity contribution in [2.75, 3.05) is 13.1 Å². The Morgan fingerprint density at radius 2 is 1.93 bits per heavy atom. The second kappa shape index (κ2) is 10.6. The molecule has 154 valence electrons. The molecule has 1 heterocycles. The third-order valence-corrected chi connectivity index (χ3v) is 3.95. The van der Waals surface area contributed by atoms with Crippen LogP contribution in [-0.4, -0.2) is 52.7 Å². The van der Waals surface area contributed by atoms with Crippen LogP contribution in [0.2, 0.25) is 0 Å². The normalized spacial score (nSPS) is 11.2. The third kappa shape index (κ3) is 6.76. The van der Waals surface area contributed by atoms with Gasteiger partial charge in [0.15, 0.2) is 0 Å². The molecule has 1 atom stereocenters. The van der Waals surface area contributed by atoms with Gasteiger partial charge in [-0.15, -0.1) is 0 Å². The Morgan fingerprint density at radius 1 is 1.21 bits per heavy atom. The molecule has 2 aromatic rings. The van der Waals surface area contributed by atoms with E-state index in [0.29, 0.717) is 24.2 Å². The van der Waals surface area contributed by atoms with E-state index < -0.39 is 23.8 Å². The largest absolute Gasteiger partial charge is 0.486 e. The number of hydrogen-bond donors (Lipinski definition) is 3. The quantitative estimate of drug-likeness (QED) is 0.462. The summed E-state index contributed by atoms with van der Waals surface area (Å²) in [6.07, 6.45) is 4.04. The van der Waals surface area contributed by atoms with Gasteiger partial charge in [0.2, 0.25) is 11.8 Å². The molecule has 0 radical (unpaired) electrons. The number of benzene rings is 1. The maximum Gasteiger partial charge on any atom is 0.251 e. The van der Waals surface area contributed by atoms with Crippen molar-refractivity contribution in [3.8, 4) is 5.75 Å². The molecule has 3 N–H and O–H groups in total. The molecule has 0 bridgehead atoms. The standard InChI is InChI=1S/C19H23N5O5/c1-13(18(27)21-8-10-25)23-17(26)11-22-19(28)14-3-5-15(6-4-14)29-12-16-20-7-9-24(16)2/h3-7,9-10,13H,8,11-12H2,1-2H3,(H,21,27)(H,22,28)(H,23,26). The first-order valence-corrected chi connectivity index (χ1v) is 8.88. The number of carbonyl (C=O) groups excluding carboxylic acids is 4. The molecule has 29 heavy (non-hydrogen) atoms.